The van der Waals surface area contributed by atoms with E-state index in [4.69, 9.17) is 5.11 Å². The van der Waals surface area contributed by atoms with Gasteiger partial charge in [-0.25, -0.2) is 4.79 Å². The number of benzene rings is 2. The summed E-state index contributed by atoms with van der Waals surface area (Å²) >= 11 is 0. The van der Waals surface area contributed by atoms with Crippen LogP contribution < -0.4 is 0 Å². The van der Waals surface area contributed by atoms with Crippen LogP contribution in [0.4, 0.5) is 0 Å². The van der Waals surface area contributed by atoms with E-state index in [2.05, 4.69) is 0 Å². The Hall–Kier alpha value is -2.62. The minimum absolute atomic E-state index is 0.114. The van der Waals surface area contributed by atoms with Crippen LogP contribution in [-0.4, -0.2) is 22.5 Å². The van der Waals surface area contributed by atoms with Crippen molar-refractivity contribution in [3.05, 3.63) is 53.1 Å². The zero-order valence-electron chi connectivity index (χ0n) is 10.3. The molecule has 0 bridgehead atoms. The van der Waals surface area contributed by atoms with Crippen molar-refractivity contribution in [1.29, 1.82) is 0 Å². The molecule has 0 spiro atoms. The molecule has 0 amide bonds. The summed E-state index contributed by atoms with van der Waals surface area (Å²) in [5, 5.41) is 18.4. The molecule has 96 valence electrons. The Morgan fingerprint density at radius 2 is 1.74 bits per heavy atom. The highest BCUT2D eigenvalue weighted by Gasteiger charge is 2.15. The van der Waals surface area contributed by atoms with Gasteiger partial charge in [-0.1, -0.05) is 18.2 Å². The molecule has 2 aromatic carbocycles. The molecule has 0 aliphatic heterocycles. The second-order valence-corrected chi connectivity index (χ2v) is 4.17. The molecule has 0 atom stereocenters. The quantitative estimate of drug-likeness (QED) is 0.828. The largest absolute Gasteiger partial charge is 0.508 e. The van der Waals surface area contributed by atoms with E-state index < -0.39 is 5.97 Å². The number of phenols is 1. The highest BCUT2D eigenvalue weighted by atomic mass is 16.4. The van der Waals surface area contributed by atoms with Crippen LogP contribution in [0, 0.1) is 6.92 Å². The van der Waals surface area contributed by atoms with E-state index in [1.54, 1.807) is 19.1 Å². The molecule has 0 heterocycles. The van der Waals surface area contributed by atoms with E-state index in [1.165, 1.54) is 24.3 Å². The lowest BCUT2D eigenvalue weighted by molar-refractivity contribution is 0.0696. The molecule has 0 saturated carbocycles. The summed E-state index contributed by atoms with van der Waals surface area (Å²) in [7, 11) is 0. The topological polar surface area (TPSA) is 74.6 Å². The molecule has 19 heavy (non-hydrogen) atoms. The monoisotopic (exact) mass is 256 g/mol. The smallest absolute Gasteiger partial charge is 0.335 e. The number of carboxylic acids is 1. The molecule has 4 heteroatoms. The van der Waals surface area contributed by atoms with Crippen molar-refractivity contribution >= 4 is 12.3 Å². The number of aromatic carboxylic acids is 1. The van der Waals surface area contributed by atoms with Gasteiger partial charge in [0.1, 0.15) is 5.75 Å². The van der Waals surface area contributed by atoms with Gasteiger partial charge in [0.15, 0.2) is 6.29 Å². The fraction of sp³-hybridized carbons (Fsp3) is 0.0667. The Morgan fingerprint density at radius 1 is 1.11 bits per heavy atom. The third kappa shape index (κ3) is 2.33. The molecule has 0 aliphatic carbocycles. The SMILES string of the molecule is Cc1c(C(=O)O)ccc(C=O)c1-c1ccc(O)cc1. The normalized spacial score (nSPS) is 10.2. The average molecular weight is 256 g/mol. The highest BCUT2D eigenvalue weighted by Crippen LogP contribution is 2.30. The number of carbonyl (C=O) groups is 2. The van der Waals surface area contributed by atoms with Gasteiger partial charge < -0.3 is 10.2 Å². The first-order valence-corrected chi connectivity index (χ1v) is 5.66. The van der Waals surface area contributed by atoms with Gasteiger partial charge in [-0.05, 0) is 41.8 Å². The summed E-state index contributed by atoms with van der Waals surface area (Å²) in [4.78, 5) is 22.2. The predicted molar refractivity (Wildman–Crippen MR) is 70.6 cm³/mol. The van der Waals surface area contributed by atoms with E-state index in [-0.39, 0.29) is 11.3 Å². The molecule has 0 aliphatic rings. The Bertz CT molecular complexity index is 642. The Morgan fingerprint density at radius 3 is 2.26 bits per heavy atom. The summed E-state index contributed by atoms with van der Waals surface area (Å²) in [6.07, 6.45) is 0.695. The maximum Gasteiger partial charge on any atom is 0.335 e. The highest BCUT2D eigenvalue weighted by molar-refractivity contribution is 5.97. The third-order valence-corrected chi connectivity index (χ3v) is 3.01. The molecule has 0 saturated heterocycles. The summed E-state index contributed by atoms with van der Waals surface area (Å²) in [6.45, 7) is 1.67. The van der Waals surface area contributed by atoms with Gasteiger partial charge in [0.05, 0.1) is 5.56 Å². The lowest BCUT2D eigenvalue weighted by Crippen LogP contribution is -2.03. The summed E-state index contributed by atoms with van der Waals surface area (Å²) < 4.78 is 0. The van der Waals surface area contributed by atoms with E-state index in [0.717, 1.165) is 0 Å². The summed E-state index contributed by atoms with van der Waals surface area (Å²) in [5.74, 6) is -0.918. The zero-order valence-corrected chi connectivity index (χ0v) is 10.3. The molecule has 4 nitrogen and oxygen atoms in total. The van der Waals surface area contributed by atoms with Crippen LogP contribution in [0.2, 0.25) is 0 Å². The van der Waals surface area contributed by atoms with Gasteiger partial charge in [-0.3, -0.25) is 4.79 Å². The lowest BCUT2D eigenvalue weighted by Gasteiger charge is -2.12. The molecule has 0 fully saturated rings. The van der Waals surface area contributed by atoms with Crippen LogP contribution in [-0.2, 0) is 0 Å². The van der Waals surface area contributed by atoms with Crippen molar-refractivity contribution in [2.75, 3.05) is 0 Å². The van der Waals surface area contributed by atoms with Gasteiger partial charge >= 0.3 is 5.97 Å². The average Bonchev–Trinajstić information content (AvgIpc) is 2.39. The number of phenolic OH excluding ortho intramolecular Hbond substituents is 1. The maximum absolute atomic E-state index is 11.1. The van der Waals surface area contributed by atoms with E-state index in [0.29, 0.717) is 28.5 Å². The first-order chi connectivity index (χ1) is 9.04. The van der Waals surface area contributed by atoms with Crippen molar-refractivity contribution in [3.63, 3.8) is 0 Å². The van der Waals surface area contributed by atoms with Crippen molar-refractivity contribution in [2.24, 2.45) is 0 Å². The van der Waals surface area contributed by atoms with Crippen molar-refractivity contribution in [2.45, 2.75) is 6.92 Å². The molecular weight excluding hydrogens is 244 g/mol. The minimum Gasteiger partial charge on any atom is -0.508 e. The number of carbonyl (C=O) groups excluding carboxylic acids is 1. The van der Waals surface area contributed by atoms with Crippen LogP contribution >= 0.6 is 0 Å². The van der Waals surface area contributed by atoms with Crippen molar-refractivity contribution < 1.29 is 19.8 Å². The van der Waals surface area contributed by atoms with Crippen LogP contribution in [0.25, 0.3) is 11.1 Å². The molecule has 2 rings (SSSR count). The maximum atomic E-state index is 11.1. The van der Waals surface area contributed by atoms with Gasteiger partial charge in [-0.2, -0.15) is 0 Å². The Balaban J connectivity index is 2.72. The molecular formula is C15H12O4. The third-order valence-electron chi connectivity index (χ3n) is 3.01. The van der Waals surface area contributed by atoms with Crippen LogP contribution in [0.1, 0.15) is 26.3 Å². The van der Waals surface area contributed by atoms with Gasteiger partial charge in [0, 0.05) is 5.56 Å². The van der Waals surface area contributed by atoms with Crippen molar-refractivity contribution in [1.82, 2.24) is 0 Å². The van der Waals surface area contributed by atoms with Gasteiger partial charge in [0.2, 0.25) is 0 Å². The number of carboxylic acid groups (broad SMARTS) is 1. The van der Waals surface area contributed by atoms with Crippen LogP contribution in [0.15, 0.2) is 36.4 Å². The molecule has 2 N–H and O–H groups in total. The summed E-state index contributed by atoms with van der Waals surface area (Å²) in [5.41, 5.74) is 2.39. The van der Waals surface area contributed by atoms with Gasteiger partial charge in [0.25, 0.3) is 0 Å². The zero-order chi connectivity index (χ0) is 14.0. The Labute approximate surface area is 109 Å². The first kappa shape index (κ1) is 12.8. The lowest BCUT2D eigenvalue weighted by atomic mass is 9.92. The second kappa shape index (κ2) is 4.94. The molecule has 2 aromatic rings. The van der Waals surface area contributed by atoms with Crippen LogP contribution in [0.3, 0.4) is 0 Å². The van der Waals surface area contributed by atoms with E-state index >= 15 is 0 Å². The first-order valence-electron chi connectivity index (χ1n) is 5.66. The number of aldehydes is 1. The number of aromatic hydroxyl groups is 1. The Kier molecular flexibility index (Phi) is 3.33. The predicted octanol–water partition coefficient (Wildman–Crippen LogP) is 2.88. The van der Waals surface area contributed by atoms with E-state index in [9.17, 15) is 14.7 Å². The molecule has 0 radical (unpaired) electrons. The van der Waals surface area contributed by atoms with E-state index in [1.807, 2.05) is 0 Å². The molecule has 0 aromatic heterocycles. The van der Waals surface area contributed by atoms with Crippen LogP contribution in [0.5, 0.6) is 5.75 Å². The number of hydrogen-bond acceptors (Lipinski definition) is 3. The fourth-order valence-corrected chi connectivity index (χ4v) is 2.07. The second-order valence-electron chi connectivity index (χ2n) is 4.17. The van der Waals surface area contributed by atoms with Gasteiger partial charge in [-0.15, -0.1) is 0 Å². The minimum atomic E-state index is -1.03. The standard InChI is InChI=1S/C15H12O4/c1-9-13(15(18)19)7-4-11(8-16)14(9)10-2-5-12(17)6-3-10/h2-8,17H,1H3,(H,18,19). The fourth-order valence-electron chi connectivity index (χ4n) is 2.07. The van der Waals surface area contributed by atoms with Crippen molar-refractivity contribution in [3.8, 4) is 16.9 Å². The number of hydrogen-bond donors (Lipinski definition) is 2. The number of rotatable bonds is 3. The molecule has 0 unspecified atom stereocenters. The summed E-state index contributed by atoms with van der Waals surface area (Å²) in [6, 6.07) is 9.21.